The van der Waals surface area contributed by atoms with Crippen LogP contribution in [0.5, 0.6) is 0 Å². The van der Waals surface area contributed by atoms with E-state index in [2.05, 4.69) is 26.2 Å². The molecule has 0 aliphatic rings. The summed E-state index contributed by atoms with van der Waals surface area (Å²) in [5, 5.41) is 5.93. The Kier molecular flexibility index (Phi) is 4.11. The highest BCUT2D eigenvalue weighted by atomic mass is 79.9. The Morgan fingerprint density at radius 1 is 1.25 bits per heavy atom. The first-order valence-corrected chi connectivity index (χ1v) is 7.42. The molecule has 0 unspecified atom stereocenters. The molecule has 1 aromatic heterocycles. The molecule has 0 aliphatic heterocycles. The van der Waals surface area contributed by atoms with Gasteiger partial charge in [0.1, 0.15) is 5.01 Å². The van der Waals surface area contributed by atoms with Crippen molar-refractivity contribution in [3.8, 4) is 0 Å². The molecule has 0 amide bonds. The van der Waals surface area contributed by atoms with Crippen LogP contribution in [0.2, 0.25) is 0 Å². The summed E-state index contributed by atoms with van der Waals surface area (Å²) >= 11 is 4.67. The molecule has 2 aromatic rings. The van der Waals surface area contributed by atoms with E-state index >= 15 is 0 Å². The SMILES string of the molecule is CC(C)(Nc1ccc(C(F)(F)F)cc1Br)c1nccs1. The lowest BCUT2D eigenvalue weighted by Gasteiger charge is -2.26. The summed E-state index contributed by atoms with van der Waals surface area (Å²) in [5.74, 6) is 0. The van der Waals surface area contributed by atoms with Gasteiger partial charge in [0.25, 0.3) is 0 Å². The predicted molar refractivity (Wildman–Crippen MR) is 77.9 cm³/mol. The maximum absolute atomic E-state index is 12.6. The van der Waals surface area contributed by atoms with Crippen LogP contribution in [0.3, 0.4) is 0 Å². The van der Waals surface area contributed by atoms with E-state index in [9.17, 15) is 13.2 Å². The fraction of sp³-hybridized carbons (Fsp3) is 0.308. The van der Waals surface area contributed by atoms with Crippen LogP contribution in [0.1, 0.15) is 24.4 Å². The molecule has 108 valence electrons. The minimum Gasteiger partial charge on any atom is -0.373 e. The fourth-order valence-electron chi connectivity index (χ4n) is 1.72. The van der Waals surface area contributed by atoms with Gasteiger partial charge in [-0.25, -0.2) is 4.98 Å². The molecule has 20 heavy (non-hydrogen) atoms. The van der Waals surface area contributed by atoms with Crippen LogP contribution < -0.4 is 5.32 Å². The number of rotatable bonds is 3. The smallest absolute Gasteiger partial charge is 0.373 e. The van der Waals surface area contributed by atoms with Gasteiger partial charge in [0.15, 0.2) is 0 Å². The number of anilines is 1. The lowest BCUT2D eigenvalue weighted by molar-refractivity contribution is -0.137. The third-order valence-corrected chi connectivity index (χ3v) is 4.46. The van der Waals surface area contributed by atoms with Crippen LogP contribution in [0, 0.1) is 0 Å². The molecule has 0 bridgehead atoms. The number of nitrogens with one attached hydrogen (secondary N) is 1. The van der Waals surface area contributed by atoms with Gasteiger partial charge in [-0.1, -0.05) is 0 Å². The maximum atomic E-state index is 12.6. The van der Waals surface area contributed by atoms with Gasteiger partial charge < -0.3 is 5.32 Å². The van der Waals surface area contributed by atoms with Crippen molar-refractivity contribution >= 4 is 33.0 Å². The molecule has 2 rings (SSSR count). The number of halogens is 4. The average Bonchev–Trinajstić information content (AvgIpc) is 2.84. The highest BCUT2D eigenvalue weighted by molar-refractivity contribution is 9.10. The first-order chi connectivity index (χ1) is 9.20. The third-order valence-electron chi connectivity index (χ3n) is 2.71. The molecule has 2 nitrogen and oxygen atoms in total. The molecule has 7 heteroatoms. The Hall–Kier alpha value is -1.08. The van der Waals surface area contributed by atoms with Crippen LogP contribution in [0.15, 0.2) is 34.2 Å². The number of hydrogen-bond acceptors (Lipinski definition) is 3. The zero-order valence-electron chi connectivity index (χ0n) is 10.8. The lowest BCUT2D eigenvalue weighted by atomic mass is 10.1. The Balaban J connectivity index is 2.27. The van der Waals surface area contributed by atoms with Crippen molar-refractivity contribution in [1.29, 1.82) is 0 Å². The summed E-state index contributed by atoms with van der Waals surface area (Å²) in [4.78, 5) is 4.23. The first kappa shape index (κ1) is 15.3. The van der Waals surface area contributed by atoms with Crippen molar-refractivity contribution < 1.29 is 13.2 Å². The van der Waals surface area contributed by atoms with Gasteiger partial charge in [-0.05, 0) is 48.0 Å². The van der Waals surface area contributed by atoms with E-state index in [4.69, 9.17) is 0 Å². The number of nitrogens with zero attached hydrogens (tertiary/aromatic N) is 1. The quantitative estimate of drug-likeness (QED) is 0.801. The molecule has 1 heterocycles. The molecule has 0 atom stereocenters. The Morgan fingerprint density at radius 2 is 1.95 bits per heavy atom. The maximum Gasteiger partial charge on any atom is 0.416 e. The molecule has 0 saturated carbocycles. The van der Waals surface area contributed by atoms with Crippen LogP contribution in [0.25, 0.3) is 0 Å². The standard InChI is InChI=1S/C13H12BrF3N2S/c1-12(2,11-18-5-6-20-11)19-10-4-3-8(7-9(10)14)13(15,16)17/h3-7,19H,1-2H3. The summed E-state index contributed by atoms with van der Waals surface area (Å²) in [6.07, 6.45) is -2.64. The summed E-state index contributed by atoms with van der Waals surface area (Å²) in [7, 11) is 0. The number of benzene rings is 1. The minimum atomic E-state index is -4.34. The van der Waals surface area contributed by atoms with Crippen molar-refractivity contribution in [2.45, 2.75) is 25.6 Å². The number of thiazole rings is 1. The average molecular weight is 365 g/mol. The number of alkyl halides is 3. The van der Waals surface area contributed by atoms with E-state index < -0.39 is 17.3 Å². The Morgan fingerprint density at radius 3 is 2.45 bits per heavy atom. The zero-order valence-corrected chi connectivity index (χ0v) is 13.2. The lowest BCUT2D eigenvalue weighted by Crippen LogP contribution is -2.28. The van der Waals surface area contributed by atoms with Crippen LogP contribution in [0.4, 0.5) is 18.9 Å². The fourth-order valence-corrected chi connectivity index (χ4v) is 2.91. The molecule has 1 N–H and O–H groups in total. The molecular weight excluding hydrogens is 353 g/mol. The Bertz CT molecular complexity index is 594. The van der Waals surface area contributed by atoms with Crippen molar-refractivity contribution in [3.05, 3.63) is 44.8 Å². The highest BCUT2D eigenvalue weighted by Crippen LogP contribution is 2.36. The second kappa shape index (κ2) is 5.37. The van der Waals surface area contributed by atoms with Crippen LogP contribution >= 0.6 is 27.3 Å². The van der Waals surface area contributed by atoms with E-state index in [1.807, 2.05) is 19.2 Å². The van der Waals surface area contributed by atoms with Crippen molar-refractivity contribution in [1.82, 2.24) is 4.98 Å². The van der Waals surface area contributed by atoms with E-state index in [0.29, 0.717) is 10.2 Å². The molecule has 0 spiro atoms. The monoisotopic (exact) mass is 364 g/mol. The minimum absolute atomic E-state index is 0.372. The predicted octanol–water partition coefficient (Wildman–Crippen LogP) is 5.27. The molecule has 0 aliphatic carbocycles. The molecular formula is C13H12BrF3N2S. The van der Waals surface area contributed by atoms with Gasteiger partial charge in [0.2, 0.25) is 0 Å². The topological polar surface area (TPSA) is 24.9 Å². The van der Waals surface area contributed by atoms with Gasteiger partial charge >= 0.3 is 6.18 Å². The molecule has 0 radical (unpaired) electrons. The van der Waals surface area contributed by atoms with E-state index in [-0.39, 0.29) is 0 Å². The second-order valence-electron chi connectivity index (χ2n) is 4.78. The largest absolute Gasteiger partial charge is 0.416 e. The summed E-state index contributed by atoms with van der Waals surface area (Å²) < 4.78 is 38.2. The van der Waals surface area contributed by atoms with Crippen molar-refractivity contribution in [3.63, 3.8) is 0 Å². The van der Waals surface area contributed by atoms with Gasteiger partial charge in [-0.2, -0.15) is 13.2 Å². The summed E-state index contributed by atoms with van der Waals surface area (Å²) in [6, 6.07) is 3.55. The van der Waals surface area contributed by atoms with E-state index in [1.54, 1.807) is 6.20 Å². The van der Waals surface area contributed by atoms with Gasteiger partial charge in [-0.3, -0.25) is 0 Å². The Labute approximate surface area is 127 Å². The molecule has 0 fully saturated rings. The summed E-state index contributed by atoms with van der Waals surface area (Å²) in [6.45, 7) is 3.85. The molecule has 0 saturated heterocycles. The normalized spacial score (nSPS) is 12.5. The number of hydrogen-bond donors (Lipinski definition) is 1. The summed E-state index contributed by atoms with van der Waals surface area (Å²) in [5.41, 5.74) is -0.545. The van der Waals surface area contributed by atoms with Gasteiger partial charge in [0.05, 0.1) is 11.1 Å². The van der Waals surface area contributed by atoms with Crippen molar-refractivity contribution in [2.24, 2.45) is 0 Å². The second-order valence-corrected chi connectivity index (χ2v) is 6.53. The van der Waals surface area contributed by atoms with E-state index in [0.717, 1.165) is 17.1 Å². The first-order valence-electron chi connectivity index (χ1n) is 5.75. The van der Waals surface area contributed by atoms with Crippen molar-refractivity contribution in [2.75, 3.05) is 5.32 Å². The van der Waals surface area contributed by atoms with Gasteiger partial charge in [0, 0.05) is 21.7 Å². The number of aromatic nitrogens is 1. The molecule has 1 aromatic carbocycles. The highest BCUT2D eigenvalue weighted by Gasteiger charge is 2.31. The van der Waals surface area contributed by atoms with Gasteiger partial charge in [-0.15, -0.1) is 11.3 Å². The van der Waals surface area contributed by atoms with E-state index in [1.165, 1.54) is 17.4 Å². The van der Waals surface area contributed by atoms with Crippen LogP contribution in [-0.2, 0) is 11.7 Å². The third kappa shape index (κ3) is 3.32. The van der Waals surface area contributed by atoms with Crippen LogP contribution in [-0.4, -0.2) is 4.98 Å². The zero-order chi connectivity index (χ0) is 15.0.